The second-order valence-corrected chi connectivity index (χ2v) is 8.17. The molecule has 28 heavy (non-hydrogen) atoms. The Balaban J connectivity index is 1.73. The maximum Gasteiger partial charge on any atom is 0.238 e. The zero-order chi connectivity index (χ0) is 20.1. The molecular formula is C20H20BrN3O3S. The van der Waals surface area contributed by atoms with Crippen LogP contribution in [-0.2, 0) is 9.59 Å². The summed E-state index contributed by atoms with van der Waals surface area (Å²) in [6.45, 7) is 2.52. The number of hydrogen-bond donors (Lipinski definition) is 1. The zero-order valence-corrected chi connectivity index (χ0v) is 17.9. The molecule has 146 valence electrons. The van der Waals surface area contributed by atoms with Crippen LogP contribution in [0.25, 0.3) is 0 Å². The molecule has 0 bridgehead atoms. The van der Waals surface area contributed by atoms with Crippen molar-refractivity contribution in [2.45, 2.75) is 18.6 Å². The van der Waals surface area contributed by atoms with Gasteiger partial charge in [0.2, 0.25) is 11.8 Å². The maximum atomic E-state index is 12.6. The Hall–Kier alpha value is -2.32. The zero-order valence-electron chi connectivity index (χ0n) is 15.5. The standard InChI is InChI=1S/C20H20BrN3O3S/c1-3-27-16-10-8-15(9-11-16)23-20-24(2)18(25)12-17(28-20)19(26)22-14-6-4-13(21)5-7-14/h4-11,17H,3,12H2,1-2H3,(H,22,26)/t17-/m0/s1. The molecule has 0 spiro atoms. The maximum absolute atomic E-state index is 12.6. The van der Waals surface area contributed by atoms with Gasteiger partial charge in [-0.05, 0) is 55.5 Å². The Labute approximate surface area is 176 Å². The molecule has 2 amide bonds. The molecule has 0 aliphatic carbocycles. The number of benzene rings is 2. The first-order chi connectivity index (χ1) is 13.5. The minimum Gasteiger partial charge on any atom is -0.494 e. The number of rotatable bonds is 5. The fourth-order valence-electron chi connectivity index (χ4n) is 2.55. The molecule has 0 radical (unpaired) electrons. The average molecular weight is 462 g/mol. The van der Waals surface area contributed by atoms with Crippen molar-refractivity contribution >= 4 is 56.0 Å². The predicted molar refractivity (Wildman–Crippen MR) is 116 cm³/mol. The highest BCUT2D eigenvalue weighted by atomic mass is 79.9. The lowest BCUT2D eigenvalue weighted by atomic mass is 10.2. The summed E-state index contributed by atoms with van der Waals surface area (Å²) in [5, 5.41) is 2.82. The number of nitrogens with one attached hydrogen (secondary N) is 1. The molecule has 1 aliphatic heterocycles. The van der Waals surface area contributed by atoms with Crippen molar-refractivity contribution in [3.05, 3.63) is 53.0 Å². The summed E-state index contributed by atoms with van der Waals surface area (Å²) < 4.78 is 6.36. The Morgan fingerprint density at radius 3 is 2.57 bits per heavy atom. The highest BCUT2D eigenvalue weighted by molar-refractivity contribution is 9.10. The van der Waals surface area contributed by atoms with Gasteiger partial charge in [-0.1, -0.05) is 27.7 Å². The van der Waals surface area contributed by atoms with Crippen LogP contribution in [0.3, 0.4) is 0 Å². The van der Waals surface area contributed by atoms with Crippen molar-refractivity contribution in [1.29, 1.82) is 0 Å². The van der Waals surface area contributed by atoms with Gasteiger partial charge in [0, 0.05) is 23.6 Å². The molecule has 2 aromatic rings. The average Bonchev–Trinajstić information content (AvgIpc) is 2.68. The smallest absolute Gasteiger partial charge is 0.238 e. The van der Waals surface area contributed by atoms with Gasteiger partial charge < -0.3 is 10.1 Å². The molecule has 1 atom stereocenters. The lowest BCUT2D eigenvalue weighted by Crippen LogP contribution is -2.43. The van der Waals surface area contributed by atoms with Crippen LogP contribution in [0.4, 0.5) is 11.4 Å². The van der Waals surface area contributed by atoms with E-state index in [0.717, 1.165) is 10.2 Å². The number of carbonyl (C=O) groups excluding carboxylic acids is 2. The summed E-state index contributed by atoms with van der Waals surface area (Å²) in [6.07, 6.45) is 0.131. The molecule has 8 heteroatoms. The molecule has 0 aromatic heterocycles. The summed E-state index contributed by atoms with van der Waals surface area (Å²) >= 11 is 4.65. The van der Waals surface area contributed by atoms with Crippen LogP contribution in [0.5, 0.6) is 5.75 Å². The third kappa shape index (κ3) is 5.14. The first-order valence-electron chi connectivity index (χ1n) is 8.77. The molecule has 3 rings (SSSR count). The first-order valence-corrected chi connectivity index (χ1v) is 10.4. The van der Waals surface area contributed by atoms with Crippen LogP contribution in [0.15, 0.2) is 58.0 Å². The number of thioether (sulfide) groups is 1. The Morgan fingerprint density at radius 2 is 1.93 bits per heavy atom. The minimum absolute atomic E-state index is 0.131. The summed E-state index contributed by atoms with van der Waals surface area (Å²) in [4.78, 5) is 31.0. The van der Waals surface area contributed by atoms with E-state index in [1.807, 2.05) is 43.3 Å². The highest BCUT2D eigenvalue weighted by Gasteiger charge is 2.34. The van der Waals surface area contributed by atoms with Crippen LogP contribution < -0.4 is 10.1 Å². The number of nitrogens with zero attached hydrogens (tertiary/aromatic N) is 2. The molecule has 0 saturated carbocycles. The van der Waals surface area contributed by atoms with Crippen molar-refractivity contribution in [2.75, 3.05) is 19.0 Å². The molecule has 1 N–H and O–H groups in total. The molecular weight excluding hydrogens is 442 g/mol. The Bertz CT molecular complexity index is 885. The van der Waals surface area contributed by atoms with Gasteiger partial charge in [-0.3, -0.25) is 14.5 Å². The van der Waals surface area contributed by atoms with E-state index in [0.29, 0.717) is 23.1 Å². The Morgan fingerprint density at radius 1 is 1.25 bits per heavy atom. The quantitative estimate of drug-likeness (QED) is 0.714. The van der Waals surface area contributed by atoms with E-state index in [1.165, 1.54) is 16.7 Å². The van der Waals surface area contributed by atoms with Gasteiger partial charge in [0.25, 0.3) is 0 Å². The van der Waals surface area contributed by atoms with Gasteiger partial charge in [0.1, 0.15) is 11.0 Å². The summed E-state index contributed by atoms with van der Waals surface area (Å²) in [5.41, 5.74) is 1.38. The van der Waals surface area contributed by atoms with Crippen LogP contribution in [0.2, 0.25) is 0 Å². The van der Waals surface area contributed by atoms with E-state index in [-0.39, 0.29) is 18.2 Å². The second-order valence-electron chi connectivity index (χ2n) is 6.08. The number of anilines is 1. The molecule has 0 unspecified atom stereocenters. The monoisotopic (exact) mass is 461 g/mol. The second kappa shape index (κ2) is 9.25. The van der Waals surface area contributed by atoms with Gasteiger partial charge >= 0.3 is 0 Å². The summed E-state index contributed by atoms with van der Waals surface area (Å²) in [5.74, 6) is 0.409. The molecule has 1 heterocycles. The molecule has 6 nitrogen and oxygen atoms in total. The van der Waals surface area contributed by atoms with Crippen LogP contribution in [-0.4, -0.2) is 40.8 Å². The lowest BCUT2D eigenvalue weighted by Gasteiger charge is -2.28. The molecule has 1 aliphatic rings. The van der Waals surface area contributed by atoms with E-state index < -0.39 is 5.25 Å². The van der Waals surface area contributed by atoms with Gasteiger partial charge in [-0.25, -0.2) is 4.99 Å². The number of amides is 2. The molecule has 1 saturated heterocycles. The fraction of sp³-hybridized carbons (Fsp3) is 0.250. The van der Waals surface area contributed by atoms with Gasteiger partial charge in [-0.2, -0.15) is 0 Å². The van der Waals surface area contributed by atoms with E-state index >= 15 is 0 Å². The third-order valence-electron chi connectivity index (χ3n) is 4.05. The van der Waals surface area contributed by atoms with E-state index in [2.05, 4.69) is 26.2 Å². The number of carbonyl (C=O) groups is 2. The summed E-state index contributed by atoms with van der Waals surface area (Å²) in [6, 6.07) is 14.6. The number of amidine groups is 1. The number of aliphatic imine (C=N–C) groups is 1. The third-order valence-corrected chi connectivity index (χ3v) is 5.82. The van der Waals surface area contributed by atoms with Crippen molar-refractivity contribution in [2.24, 2.45) is 4.99 Å². The van der Waals surface area contributed by atoms with Gasteiger partial charge in [0.05, 0.1) is 12.3 Å². The summed E-state index contributed by atoms with van der Waals surface area (Å²) in [7, 11) is 1.67. The van der Waals surface area contributed by atoms with E-state index in [9.17, 15) is 9.59 Å². The van der Waals surface area contributed by atoms with Gasteiger partial charge in [-0.15, -0.1) is 0 Å². The van der Waals surface area contributed by atoms with Crippen molar-refractivity contribution in [1.82, 2.24) is 4.90 Å². The van der Waals surface area contributed by atoms with E-state index in [1.54, 1.807) is 19.2 Å². The molecule has 1 fully saturated rings. The minimum atomic E-state index is -0.534. The SMILES string of the molecule is CCOc1ccc(N=C2S[C@H](C(=O)Nc3ccc(Br)cc3)CC(=O)N2C)cc1. The fourth-order valence-corrected chi connectivity index (χ4v) is 3.88. The first kappa shape index (κ1) is 20.4. The highest BCUT2D eigenvalue weighted by Crippen LogP contribution is 2.29. The van der Waals surface area contributed by atoms with Crippen LogP contribution in [0, 0.1) is 0 Å². The van der Waals surface area contributed by atoms with Crippen molar-refractivity contribution in [3.8, 4) is 5.75 Å². The topological polar surface area (TPSA) is 71.0 Å². The number of halogens is 1. The molecule has 2 aromatic carbocycles. The van der Waals surface area contributed by atoms with Crippen LogP contribution >= 0.6 is 27.7 Å². The van der Waals surface area contributed by atoms with Crippen molar-refractivity contribution < 1.29 is 14.3 Å². The van der Waals surface area contributed by atoms with Gasteiger partial charge in [0.15, 0.2) is 5.17 Å². The predicted octanol–water partition coefficient (Wildman–Crippen LogP) is 4.44. The number of hydrogen-bond acceptors (Lipinski definition) is 5. The Kier molecular flexibility index (Phi) is 6.74. The van der Waals surface area contributed by atoms with Crippen LogP contribution in [0.1, 0.15) is 13.3 Å². The van der Waals surface area contributed by atoms with E-state index in [4.69, 9.17) is 4.74 Å². The number of ether oxygens (including phenoxy) is 1. The largest absolute Gasteiger partial charge is 0.494 e. The normalized spacial score (nSPS) is 18.2. The lowest BCUT2D eigenvalue weighted by molar-refractivity contribution is -0.128. The van der Waals surface area contributed by atoms with Crippen molar-refractivity contribution in [3.63, 3.8) is 0 Å².